The highest BCUT2D eigenvalue weighted by Gasteiger charge is 2.65. The molecule has 4 bridgehead atoms. The van der Waals surface area contributed by atoms with Crippen LogP contribution in [0.2, 0.25) is 0 Å². The first-order valence-electron chi connectivity index (χ1n) is 9.44. The van der Waals surface area contributed by atoms with Crippen molar-refractivity contribution in [1.82, 2.24) is 10.0 Å². The van der Waals surface area contributed by atoms with E-state index in [1.165, 1.54) is 12.8 Å². The molecule has 1 aliphatic heterocycles. The van der Waals surface area contributed by atoms with Crippen LogP contribution in [0.5, 0.6) is 0 Å². The summed E-state index contributed by atoms with van der Waals surface area (Å²) in [6.07, 6.45) is 8.21. The van der Waals surface area contributed by atoms with Gasteiger partial charge in [0.25, 0.3) is 0 Å². The molecule has 0 spiro atoms. The Morgan fingerprint density at radius 1 is 1.04 bits per heavy atom. The molecule has 3 atom stereocenters. The van der Waals surface area contributed by atoms with Gasteiger partial charge in [-0.3, -0.25) is 4.79 Å². The van der Waals surface area contributed by atoms with Gasteiger partial charge in [-0.05, 0) is 74.5 Å². The number of rotatable bonds is 3. The number of carbonyl (C=O) groups excluding carboxylic acids is 1. The lowest BCUT2D eigenvalue weighted by Crippen LogP contribution is -2.64. The van der Waals surface area contributed by atoms with Gasteiger partial charge < -0.3 is 5.32 Å². The summed E-state index contributed by atoms with van der Waals surface area (Å²) < 4.78 is 29.0. The second kappa shape index (κ2) is 5.19. The molecule has 2 unspecified atom stereocenters. The minimum atomic E-state index is -3.52. The summed E-state index contributed by atoms with van der Waals surface area (Å²) in [6, 6.07) is -0.592. The molecule has 5 rings (SSSR count). The lowest BCUT2D eigenvalue weighted by atomic mass is 9.45. The summed E-state index contributed by atoms with van der Waals surface area (Å²) >= 11 is 0. The third kappa shape index (κ3) is 2.61. The van der Waals surface area contributed by atoms with Crippen LogP contribution in [0.1, 0.15) is 71.6 Å². The fourth-order valence-corrected chi connectivity index (χ4v) is 9.39. The van der Waals surface area contributed by atoms with Crippen molar-refractivity contribution in [2.75, 3.05) is 6.54 Å². The maximum atomic E-state index is 13.4. The van der Waals surface area contributed by atoms with Gasteiger partial charge in [0.15, 0.2) is 0 Å². The van der Waals surface area contributed by atoms with Crippen molar-refractivity contribution in [1.29, 1.82) is 0 Å². The first-order valence-corrected chi connectivity index (χ1v) is 10.9. The van der Waals surface area contributed by atoms with Crippen molar-refractivity contribution in [2.45, 2.75) is 82.4 Å². The molecule has 5 fully saturated rings. The summed E-state index contributed by atoms with van der Waals surface area (Å²) in [5.74, 6) is 0.369. The van der Waals surface area contributed by atoms with Crippen molar-refractivity contribution >= 4 is 15.9 Å². The molecule has 1 amide bonds. The molecule has 4 aliphatic carbocycles. The highest BCUT2D eigenvalue weighted by Crippen LogP contribution is 2.68. The van der Waals surface area contributed by atoms with E-state index in [-0.39, 0.29) is 16.7 Å². The van der Waals surface area contributed by atoms with Crippen LogP contribution in [0.4, 0.5) is 0 Å². The molecule has 24 heavy (non-hydrogen) atoms. The van der Waals surface area contributed by atoms with Crippen molar-refractivity contribution in [2.24, 2.45) is 16.7 Å². The summed E-state index contributed by atoms with van der Waals surface area (Å²) in [5, 5.41) is 2.84. The first-order chi connectivity index (χ1) is 11.1. The van der Waals surface area contributed by atoms with E-state index in [1.807, 2.05) is 0 Å². The summed E-state index contributed by atoms with van der Waals surface area (Å²) in [6.45, 7) is 5.21. The SMILES string of the molecule is CC12CC3CC(C)(C1)CC(S(=O)(=O)N[C@H]1CCCCNC1=O)(C3)C2. The van der Waals surface area contributed by atoms with E-state index in [4.69, 9.17) is 0 Å². The van der Waals surface area contributed by atoms with Crippen molar-refractivity contribution in [3.63, 3.8) is 0 Å². The Hall–Kier alpha value is -0.620. The van der Waals surface area contributed by atoms with E-state index in [9.17, 15) is 13.2 Å². The molecule has 2 N–H and O–H groups in total. The predicted octanol–water partition coefficient (Wildman–Crippen LogP) is 2.32. The van der Waals surface area contributed by atoms with Crippen LogP contribution in [0.3, 0.4) is 0 Å². The maximum Gasteiger partial charge on any atom is 0.238 e. The van der Waals surface area contributed by atoms with Gasteiger partial charge in [0.1, 0.15) is 6.04 Å². The van der Waals surface area contributed by atoms with Crippen molar-refractivity contribution in [3.05, 3.63) is 0 Å². The van der Waals surface area contributed by atoms with Gasteiger partial charge in [-0.25, -0.2) is 13.1 Å². The highest BCUT2D eigenvalue weighted by molar-refractivity contribution is 7.91. The van der Waals surface area contributed by atoms with E-state index in [1.54, 1.807) is 0 Å². The largest absolute Gasteiger partial charge is 0.355 e. The molecule has 1 saturated heterocycles. The molecule has 0 radical (unpaired) electrons. The molecule has 1 heterocycles. The van der Waals surface area contributed by atoms with Gasteiger partial charge in [0.2, 0.25) is 15.9 Å². The van der Waals surface area contributed by atoms with Crippen molar-refractivity contribution in [3.8, 4) is 0 Å². The molecule has 4 saturated carbocycles. The van der Waals surface area contributed by atoms with Crippen LogP contribution in [-0.4, -0.2) is 31.7 Å². The Morgan fingerprint density at radius 2 is 1.71 bits per heavy atom. The minimum Gasteiger partial charge on any atom is -0.355 e. The monoisotopic (exact) mass is 354 g/mol. The van der Waals surface area contributed by atoms with Crippen LogP contribution < -0.4 is 10.0 Å². The Bertz CT molecular complexity index is 641. The fraction of sp³-hybridized carbons (Fsp3) is 0.944. The lowest BCUT2D eigenvalue weighted by molar-refractivity contribution is -0.122. The van der Waals surface area contributed by atoms with Crippen LogP contribution in [-0.2, 0) is 14.8 Å². The maximum absolute atomic E-state index is 13.4. The number of carbonyl (C=O) groups is 1. The number of nitrogens with one attached hydrogen (secondary N) is 2. The number of hydrogen-bond donors (Lipinski definition) is 2. The fourth-order valence-electron chi connectivity index (χ4n) is 7.01. The van der Waals surface area contributed by atoms with Crippen LogP contribution in [0, 0.1) is 16.7 Å². The van der Waals surface area contributed by atoms with Crippen LogP contribution >= 0.6 is 0 Å². The quantitative estimate of drug-likeness (QED) is 0.817. The molecular formula is C18H30N2O3S. The van der Waals surface area contributed by atoms with Crippen LogP contribution in [0.25, 0.3) is 0 Å². The second-order valence-corrected chi connectivity index (χ2v) is 11.9. The molecule has 0 aromatic carbocycles. The molecule has 6 heteroatoms. The van der Waals surface area contributed by atoms with Gasteiger partial charge >= 0.3 is 0 Å². The molecule has 5 aliphatic rings. The normalized spacial score (nSPS) is 48.2. The highest BCUT2D eigenvalue weighted by atomic mass is 32.2. The summed E-state index contributed by atoms with van der Waals surface area (Å²) in [7, 11) is -3.52. The number of hydrogen-bond acceptors (Lipinski definition) is 3. The van der Waals surface area contributed by atoms with Gasteiger partial charge in [0, 0.05) is 6.54 Å². The first kappa shape index (κ1) is 16.8. The zero-order valence-electron chi connectivity index (χ0n) is 14.9. The third-order valence-electron chi connectivity index (χ3n) is 6.98. The Labute approximate surface area is 145 Å². The van der Waals surface area contributed by atoms with Gasteiger partial charge in [0.05, 0.1) is 4.75 Å². The second-order valence-electron chi connectivity index (χ2n) is 9.77. The molecular weight excluding hydrogens is 324 g/mol. The lowest BCUT2D eigenvalue weighted by Gasteiger charge is -2.64. The minimum absolute atomic E-state index is 0.147. The molecule has 5 nitrogen and oxygen atoms in total. The number of sulfonamides is 1. The smallest absolute Gasteiger partial charge is 0.238 e. The standard InChI is InChI=1S/C18H30N2O3S/c1-16-7-13-8-17(2,10-16)12-18(9-13,11-16)24(22,23)20-14-5-3-4-6-19-15(14)21/h13-14,20H,3-12H2,1-2H3,(H,19,21)/t13?,14-,16?,17?,18?/m0/s1. The van der Waals surface area contributed by atoms with E-state index < -0.39 is 20.8 Å². The molecule has 0 aromatic heterocycles. The van der Waals surface area contributed by atoms with E-state index in [2.05, 4.69) is 23.9 Å². The third-order valence-corrected chi connectivity index (χ3v) is 9.17. The average molecular weight is 355 g/mol. The summed E-state index contributed by atoms with van der Waals surface area (Å²) in [5.41, 5.74) is 0.295. The van der Waals surface area contributed by atoms with Crippen LogP contribution in [0.15, 0.2) is 0 Å². The van der Waals surface area contributed by atoms with E-state index >= 15 is 0 Å². The topological polar surface area (TPSA) is 75.3 Å². The number of amides is 1. The van der Waals surface area contributed by atoms with Gasteiger partial charge in [-0.15, -0.1) is 0 Å². The van der Waals surface area contributed by atoms with Crippen molar-refractivity contribution < 1.29 is 13.2 Å². The Kier molecular flexibility index (Phi) is 3.64. The Morgan fingerprint density at radius 3 is 2.33 bits per heavy atom. The zero-order valence-corrected chi connectivity index (χ0v) is 15.7. The van der Waals surface area contributed by atoms with Gasteiger partial charge in [-0.2, -0.15) is 0 Å². The Balaban J connectivity index is 1.63. The zero-order chi connectivity index (χ0) is 17.2. The van der Waals surface area contributed by atoms with Gasteiger partial charge in [-0.1, -0.05) is 13.8 Å². The average Bonchev–Trinajstić information content (AvgIpc) is 2.59. The van der Waals surface area contributed by atoms with E-state index in [0.717, 1.165) is 38.5 Å². The predicted molar refractivity (Wildman–Crippen MR) is 92.8 cm³/mol. The summed E-state index contributed by atoms with van der Waals surface area (Å²) in [4.78, 5) is 12.2. The molecule has 136 valence electrons. The molecule has 0 aromatic rings. The van der Waals surface area contributed by atoms with E-state index in [0.29, 0.717) is 18.9 Å².